The molecule has 14 heavy (non-hydrogen) atoms. The van der Waals surface area contributed by atoms with Gasteiger partial charge in [0.15, 0.2) is 0 Å². The topological polar surface area (TPSA) is 12.0 Å². The lowest BCUT2D eigenvalue weighted by atomic mass is 10.1. The van der Waals surface area contributed by atoms with E-state index >= 15 is 0 Å². The van der Waals surface area contributed by atoms with E-state index in [4.69, 9.17) is 6.42 Å². The molecule has 0 aliphatic rings. The molecule has 2 heteroatoms. The van der Waals surface area contributed by atoms with Gasteiger partial charge in [0, 0.05) is 0 Å². The molecule has 0 spiro atoms. The molecule has 1 N–H and O–H groups in total. The van der Waals surface area contributed by atoms with Gasteiger partial charge in [0.2, 0.25) is 0 Å². The van der Waals surface area contributed by atoms with Crippen molar-refractivity contribution >= 4 is 12.4 Å². The number of halogens is 1. The van der Waals surface area contributed by atoms with Gasteiger partial charge in [-0.1, -0.05) is 36.3 Å². The van der Waals surface area contributed by atoms with Gasteiger partial charge in [-0.15, -0.1) is 18.8 Å². The molecule has 1 rings (SSSR count). The van der Waals surface area contributed by atoms with Crippen LogP contribution in [0, 0.1) is 12.3 Å². The molecular formula is C12H16ClN. The van der Waals surface area contributed by atoms with Crippen molar-refractivity contribution in [3.63, 3.8) is 0 Å². The number of terminal acetylenes is 1. The highest BCUT2D eigenvalue weighted by molar-refractivity contribution is 5.85. The van der Waals surface area contributed by atoms with Gasteiger partial charge >= 0.3 is 0 Å². The molecule has 0 saturated heterocycles. The summed E-state index contributed by atoms with van der Waals surface area (Å²) in [4.78, 5) is 0. The molecule has 0 fully saturated rings. The summed E-state index contributed by atoms with van der Waals surface area (Å²) in [6.07, 6.45) is 7.38. The quantitative estimate of drug-likeness (QED) is 0.580. The summed E-state index contributed by atoms with van der Waals surface area (Å²) >= 11 is 0. The second-order valence-corrected chi connectivity index (χ2v) is 2.97. The zero-order valence-electron chi connectivity index (χ0n) is 8.20. The fourth-order valence-electron chi connectivity index (χ4n) is 1.22. The molecule has 0 radical (unpaired) electrons. The maximum absolute atomic E-state index is 5.11. The fourth-order valence-corrected chi connectivity index (χ4v) is 1.22. The van der Waals surface area contributed by atoms with E-state index in [1.54, 1.807) is 0 Å². The van der Waals surface area contributed by atoms with Crippen LogP contribution in [0.3, 0.4) is 0 Å². The summed E-state index contributed by atoms with van der Waals surface area (Å²) in [6, 6.07) is 10.5. The molecule has 0 atom stereocenters. The third-order valence-electron chi connectivity index (χ3n) is 1.89. The highest BCUT2D eigenvalue weighted by Gasteiger charge is 1.90. The van der Waals surface area contributed by atoms with Crippen molar-refractivity contribution < 1.29 is 0 Å². The van der Waals surface area contributed by atoms with Crippen molar-refractivity contribution in [2.24, 2.45) is 0 Å². The van der Waals surface area contributed by atoms with E-state index in [2.05, 4.69) is 35.5 Å². The second-order valence-electron chi connectivity index (χ2n) is 2.97. The van der Waals surface area contributed by atoms with Gasteiger partial charge in [-0.25, -0.2) is 0 Å². The van der Waals surface area contributed by atoms with E-state index in [1.165, 1.54) is 5.56 Å². The first-order valence-corrected chi connectivity index (χ1v) is 4.61. The van der Waals surface area contributed by atoms with E-state index in [0.29, 0.717) is 6.54 Å². The van der Waals surface area contributed by atoms with Crippen molar-refractivity contribution in [2.45, 2.75) is 12.8 Å². The molecule has 0 saturated carbocycles. The van der Waals surface area contributed by atoms with Crippen molar-refractivity contribution in [2.75, 3.05) is 13.1 Å². The van der Waals surface area contributed by atoms with Gasteiger partial charge in [-0.05, 0) is 24.9 Å². The Kier molecular flexibility index (Phi) is 8.02. The van der Waals surface area contributed by atoms with Gasteiger partial charge in [-0.2, -0.15) is 0 Å². The van der Waals surface area contributed by atoms with Crippen LogP contribution in [-0.4, -0.2) is 13.1 Å². The van der Waals surface area contributed by atoms with Crippen molar-refractivity contribution in [1.82, 2.24) is 5.32 Å². The molecule has 0 aliphatic carbocycles. The summed E-state index contributed by atoms with van der Waals surface area (Å²) in [5.41, 5.74) is 1.39. The van der Waals surface area contributed by atoms with Crippen molar-refractivity contribution in [1.29, 1.82) is 0 Å². The Morgan fingerprint density at radius 2 is 1.93 bits per heavy atom. The van der Waals surface area contributed by atoms with Crippen LogP contribution in [0.2, 0.25) is 0 Å². The fraction of sp³-hybridized carbons (Fsp3) is 0.333. The van der Waals surface area contributed by atoms with Gasteiger partial charge < -0.3 is 5.32 Å². The SMILES string of the molecule is C#CCNCCCc1ccccc1.Cl. The average molecular weight is 210 g/mol. The molecule has 0 amide bonds. The predicted molar refractivity (Wildman–Crippen MR) is 63.7 cm³/mol. The van der Waals surface area contributed by atoms with Crippen LogP contribution >= 0.6 is 12.4 Å². The average Bonchev–Trinajstić information content (AvgIpc) is 2.19. The van der Waals surface area contributed by atoms with Crippen LogP contribution in [0.4, 0.5) is 0 Å². The zero-order chi connectivity index (χ0) is 9.36. The summed E-state index contributed by atoms with van der Waals surface area (Å²) in [5, 5.41) is 3.17. The largest absolute Gasteiger partial charge is 0.306 e. The standard InChI is InChI=1S/C12H15N.ClH/c1-2-10-13-11-6-9-12-7-4-3-5-8-12;/h1,3-5,7-8,13H,6,9-11H2;1H. The third kappa shape index (κ3) is 5.64. The Balaban J connectivity index is 0.00000169. The molecule has 0 unspecified atom stereocenters. The molecule has 1 nitrogen and oxygen atoms in total. The number of rotatable bonds is 5. The number of benzene rings is 1. The molecule has 0 aromatic heterocycles. The first kappa shape index (κ1) is 13.0. The van der Waals surface area contributed by atoms with E-state index in [1.807, 2.05) is 6.07 Å². The Bertz CT molecular complexity index is 263. The Labute approximate surface area is 92.3 Å². The molecule has 0 aliphatic heterocycles. The monoisotopic (exact) mass is 209 g/mol. The number of hydrogen-bond acceptors (Lipinski definition) is 1. The van der Waals surface area contributed by atoms with Gasteiger partial charge in [0.1, 0.15) is 0 Å². The third-order valence-corrected chi connectivity index (χ3v) is 1.89. The van der Waals surface area contributed by atoms with E-state index in [0.717, 1.165) is 19.4 Å². The molecule has 76 valence electrons. The lowest BCUT2D eigenvalue weighted by molar-refractivity contribution is 0.698. The van der Waals surface area contributed by atoms with Crippen molar-refractivity contribution in [3.8, 4) is 12.3 Å². The first-order valence-electron chi connectivity index (χ1n) is 4.61. The molecular weight excluding hydrogens is 194 g/mol. The van der Waals surface area contributed by atoms with Crippen LogP contribution in [0.5, 0.6) is 0 Å². The lowest BCUT2D eigenvalue weighted by Crippen LogP contribution is -2.15. The van der Waals surface area contributed by atoms with Gasteiger partial charge in [0.25, 0.3) is 0 Å². The summed E-state index contributed by atoms with van der Waals surface area (Å²) in [5.74, 6) is 2.56. The number of nitrogens with one attached hydrogen (secondary N) is 1. The minimum atomic E-state index is 0. The predicted octanol–water partition coefficient (Wildman–Crippen LogP) is 2.26. The Hall–Kier alpha value is -0.970. The van der Waals surface area contributed by atoms with Crippen LogP contribution in [0.15, 0.2) is 30.3 Å². The van der Waals surface area contributed by atoms with Crippen LogP contribution in [-0.2, 0) is 6.42 Å². The van der Waals surface area contributed by atoms with Gasteiger partial charge in [0.05, 0.1) is 6.54 Å². The van der Waals surface area contributed by atoms with Crippen molar-refractivity contribution in [3.05, 3.63) is 35.9 Å². The minimum Gasteiger partial charge on any atom is -0.306 e. The number of aryl methyl sites for hydroxylation is 1. The Morgan fingerprint density at radius 1 is 1.21 bits per heavy atom. The maximum Gasteiger partial charge on any atom is 0.0573 e. The normalized spacial score (nSPS) is 8.79. The lowest BCUT2D eigenvalue weighted by Gasteiger charge is -2.01. The number of hydrogen-bond donors (Lipinski definition) is 1. The highest BCUT2D eigenvalue weighted by atomic mass is 35.5. The van der Waals surface area contributed by atoms with Crippen LogP contribution in [0.1, 0.15) is 12.0 Å². The first-order chi connectivity index (χ1) is 6.43. The summed E-state index contributed by atoms with van der Waals surface area (Å²) in [6.45, 7) is 1.67. The minimum absolute atomic E-state index is 0. The molecule has 0 heterocycles. The molecule has 1 aromatic rings. The highest BCUT2D eigenvalue weighted by Crippen LogP contribution is 2.00. The molecule has 0 bridgehead atoms. The second kappa shape index (κ2) is 8.62. The van der Waals surface area contributed by atoms with Crippen LogP contribution in [0.25, 0.3) is 0 Å². The maximum atomic E-state index is 5.11. The van der Waals surface area contributed by atoms with E-state index in [9.17, 15) is 0 Å². The Morgan fingerprint density at radius 3 is 2.57 bits per heavy atom. The summed E-state index contributed by atoms with van der Waals surface area (Å²) in [7, 11) is 0. The summed E-state index contributed by atoms with van der Waals surface area (Å²) < 4.78 is 0. The molecule has 1 aromatic carbocycles. The van der Waals surface area contributed by atoms with Crippen LogP contribution < -0.4 is 5.32 Å². The zero-order valence-corrected chi connectivity index (χ0v) is 9.02. The smallest absolute Gasteiger partial charge is 0.0573 e. The van der Waals surface area contributed by atoms with E-state index in [-0.39, 0.29) is 12.4 Å². The van der Waals surface area contributed by atoms with E-state index < -0.39 is 0 Å². The van der Waals surface area contributed by atoms with Gasteiger partial charge in [-0.3, -0.25) is 0 Å².